The van der Waals surface area contributed by atoms with Gasteiger partial charge in [-0.25, -0.2) is 4.98 Å². The molecule has 0 aliphatic heterocycles. The summed E-state index contributed by atoms with van der Waals surface area (Å²) in [6.45, 7) is 2.14. The van der Waals surface area contributed by atoms with Crippen LogP contribution in [-0.2, 0) is 6.42 Å². The van der Waals surface area contributed by atoms with Gasteiger partial charge in [0.25, 0.3) is 0 Å². The van der Waals surface area contributed by atoms with Gasteiger partial charge in [0.2, 0.25) is 5.95 Å². The second kappa shape index (κ2) is 10.4. The Morgan fingerprint density at radius 2 is 1.56 bits per heavy atom. The number of nitrogens with one attached hydrogen (secondary N) is 2. The molecule has 1 saturated carbocycles. The average molecular weight is 454 g/mol. The Morgan fingerprint density at radius 1 is 0.824 bits per heavy atom. The largest absolute Gasteiger partial charge is 0.362 e. The molecule has 5 nitrogen and oxygen atoms in total. The molecule has 0 unspecified atom stereocenters. The van der Waals surface area contributed by atoms with Crippen LogP contribution < -0.4 is 15.5 Å². The normalized spacial score (nSPS) is 18.3. The molecule has 1 aromatic heterocycles. The Morgan fingerprint density at radius 3 is 2.38 bits per heavy atom. The number of nitrogens with zero attached hydrogens (tertiary/aromatic N) is 3. The second-order valence-electron chi connectivity index (χ2n) is 9.74. The van der Waals surface area contributed by atoms with Gasteiger partial charge in [0.1, 0.15) is 5.82 Å². The number of rotatable bonds is 8. The molecule has 0 bridgehead atoms. The highest BCUT2D eigenvalue weighted by molar-refractivity contribution is 5.90. The molecule has 1 aliphatic carbocycles. The van der Waals surface area contributed by atoms with Crippen molar-refractivity contribution in [3.05, 3.63) is 72.3 Å². The number of hydrogen-bond donors (Lipinski definition) is 2. The predicted octanol–water partition coefficient (Wildman–Crippen LogP) is 5.65. The van der Waals surface area contributed by atoms with Crippen molar-refractivity contribution in [2.75, 3.05) is 37.4 Å². The first-order valence-electron chi connectivity index (χ1n) is 12.6. The first kappa shape index (κ1) is 22.6. The summed E-state index contributed by atoms with van der Waals surface area (Å²) >= 11 is 0. The summed E-state index contributed by atoms with van der Waals surface area (Å²) in [6, 6.07) is 24.0. The molecule has 1 heterocycles. The van der Waals surface area contributed by atoms with Crippen molar-refractivity contribution in [3.8, 4) is 0 Å². The molecule has 1 aliphatic rings. The van der Waals surface area contributed by atoms with Gasteiger partial charge in [-0.1, -0.05) is 54.6 Å². The van der Waals surface area contributed by atoms with Gasteiger partial charge in [-0.05, 0) is 79.6 Å². The summed E-state index contributed by atoms with van der Waals surface area (Å²) in [5.74, 6) is 2.47. The lowest BCUT2D eigenvalue weighted by Gasteiger charge is -2.29. The van der Waals surface area contributed by atoms with E-state index in [0.29, 0.717) is 6.04 Å². The molecular formula is C29H35N5. The Balaban J connectivity index is 1.10. The SMILES string of the molecule is CN(C)c1nc(NC2CCC(CNCCc3cccc4ccccc34)CC2)nc2ccccc12. The van der Waals surface area contributed by atoms with Gasteiger partial charge in [0.15, 0.2) is 0 Å². The van der Waals surface area contributed by atoms with E-state index in [9.17, 15) is 0 Å². The van der Waals surface area contributed by atoms with Gasteiger partial charge in [-0.3, -0.25) is 0 Å². The second-order valence-corrected chi connectivity index (χ2v) is 9.74. The minimum Gasteiger partial charge on any atom is -0.362 e. The molecule has 4 aromatic rings. The van der Waals surface area contributed by atoms with E-state index in [0.717, 1.165) is 48.1 Å². The fourth-order valence-electron chi connectivity index (χ4n) is 5.20. The smallest absolute Gasteiger partial charge is 0.225 e. The van der Waals surface area contributed by atoms with Crippen LogP contribution in [0.3, 0.4) is 0 Å². The Kier molecular flexibility index (Phi) is 6.91. The summed E-state index contributed by atoms with van der Waals surface area (Å²) < 4.78 is 0. The van der Waals surface area contributed by atoms with E-state index < -0.39 is 0 Å². The quantitative estimate of drug-likeness (QED) is 0.338. The maximum Gasteiger partial charge on any atom is 0.225 e. The number of fused-ring (bicyclic) bond motifs is 2. The molecule has 5 heteroatoms. The van der Waals surface area contributed by atoms with Crippen LogP contribution in [0.15, 0.2) is 66.7 Å². The van der Waals surface area contributed by atoms with Crippen molar-refractivity contribution in [1.82, 2.24) is 15.3 Å². The van der Waals surface area contributed by atoms with Crippen LogP contribution in [0.25, 0.3) is 21.7 Å². The number of benzene rings is 3. The minimum absolute atomic E-state index is 0.447. The Hall–Kier alpha value is -3.18. The van der Waals surface area contributed by atoms with Crippen molar-refractivity contribution < 1.29 is 0 Å². The number of anilines is 2. The average Bonchev–Trinajstić information content (AvgIpc) is 2.87. The van der Waals surface area contributed by atoms with Gasteiger partial charge >= 0.3 is 0 Å². The van der Waals surface area contributed by atoms with E-state index in [1.165, 1.54) is 42.0 Å². The highest BCUT2D eigenvalue weighted by atomic mass is 15.2. The lowest BCUT2D eigenvalue weighted by atomic mass is 9.86. The predicted molar refractivity (Wildman–Crippen MR) is 144 cm³/mol. The highest BCUT2D eigenvalue weighted by Gasteiger charge is 2.22. The standard InChI is InChI=1S/C29H35N5/c1-34(2)28-26-12-5-6-13-27(26)32-29(33-28)31-24-16-14-21(15-17-24)20-30-19-18-23-10-7-9-22-8-3-4-11-25(22)23/h3-13,21,24,30H,14-20H2,1-2H3,(H,31,32,33). The zero-order valence-electron chi connectivity index (χ0n) is 20.3. The van der Waals surface area contributed by atoms with Crippen molar-refractivity contribution in [3.63, 3.8) is 0 Å². The van der Waals surface area contributed by atoms with E-state index in [1.807, 2.05) is 26.2 Å². The molecule has 3 aromatic carbocycles. The minimum atomic E-state index is 0.447. The van der Waals surface area contributed by atoms with Crippen LogP contribution >= 0.6 is 0 Å². The van der Waals surface area contributed by atoms with E-state index in [-0.39, 0.29) is 0 Å². The molecule has 0 saturated heterocycles. The summed E-state index contributed by atoms with van der Waals surface area (Å²) in [7, 11) is 4.08. The zero-order chi connectivity index (χ0) is 23.3. The molecule has 0 spiro atoms. The molecule has 0 amide bonds. The third-order valence-corrected chi connectivity index (χ3v) is 7.07. The Bertz CT molecular complexity index is 1240. The van der Waals surface area contributed by atoms with Crippen molar-refractivity contribution in [1.29, 1.82) is 0 Å². The maximum atomic E-state index is 4.82. The van der Waals surface area contributed by atoms with E-state index in [1.54, 1.807) is 0 Å². The van der Waals surface area contributed by atoms with Crippen LogP contribution in [-0.4, -0.2) is 43.2 Å². The van der Waals surface area contributed by atoms with Crippen LogP contribution in [0.4, 0.5) is 11.8 Å². The number of aromatic nitrogens is 2. The molecule has 0 radical (unpaired) electrons. The molecule has 176 valence electrons. The van der Waals surface area contributed by atoms with Gasteiger partial charge < -0.3 is 15.5 Å². The number of para-hydroxylation sites is 1. The van der Waals surface area contributed by atoms with Crippen LogP contribution in [0.5, 0.6) is 0 Å². The molecule has 34 heavy (non-hydrogen) atoms. The maximum absolute atomic E-state index is 4.82. The van der Waals surface area contributed by atoms with Gasteiger partial charge in [0.05, 0.1) is 5.52 Å². The lowest BCUT2D eigenvalue weighted by molar-refractivity contribution is 0.325. The summed E-state index contributed by atoms with van der Waals surface area (Å²) in [5.41, 5.74) is 2.43. The monoisotopic (exact) mass is 453 g/mol. The van der Waals surface area contributed by atoms with E-state index in [2.05, 4.69) is 70.1 Å². The summed E-state index contributed by atoms with van der Waals surface area (Å²) in [5, 5.41) is 11.2. The van der Waals surface area contributed by atoms with Crippen molar-refractivity contribution >= 4 is 33.4 Å². The highest BCUT2D eigenvalue weighted by Crippen LogP contribution is 2.28. The summed E-state index contributed by atoms with van der Waals surface area (Å²) in [6.07, 6.45) is 5.90. The molecule has 2 N–H and O–H groups in total. The molecule has 5 rings (SSSR count). The van der Waals surface area contributed by atoms with E-state index >= 15 is 0 Å². The van der Waals surface area contributed by atoms with Crippen molar-refractivity contribution in [2.24, 2.45) is 5.92 Å². The first-order valence-corrected chi connectivity index (χ1v) is 12.6. The van der Waals surface area contributed by atoms with Gasteiger partial charge in [0, 0.05) is 25.5 Å². The van der Waals surface area contributed by atoms with E-state index in [4.69, 9.17) is 9.97 Å². The molecule has 1 fully saturated rings. The fraction of sp³-hybridized carbons (Fsp3) is 0.379. The third kappa shape index (κ3) is 5.15. The Labute approximate surface area is 202 Å². The van der Waals surface area contributed by atoms with Crippen LogP contribution in [0.2, 0.25) is 0 Å². The van der Waals surface area contributed by atoms with Gasteiger partial charge in [-0.2, -0.15) is 4.98 Å². The fourth-order valence-corrected chi connectivity index (χ4v) is 5.20. The summed E-state index contributed by atoms with van der Waals surface area (Å²) in [4.78, 5) is 11.7. The van der Waals surface area contributed by atoms with Crippen LogP contribution in [0.1, 0.15) is 31.2 Å². The molecule has 0 atom stereocenters. The third-order valence-electron chi connectivity index (χ3n) is 7.07. The zero-order valence-corrected chi connectivity index (χ0v) is 20.3. The van der Waals surface area contributed by atoms with Gasteiger partial charge in [-0.15, -0.1) is 0 Å². The topological polar surface area (TPSA) is 53.1 Å². The lowest BCUT2D eigenvalue weighted by Crippen LogP contribution is -2.32. The molecular weight excluding hydrogens is 418 g/mol. The number of hydrogen-bond acceptors (Lipinski definition) is 5. The van der Waals surface area contributed by atoms with Crippen molar-refractivity contribution in [2.45, 2.75) is 38.1 Å². The van der Waals surface area contributed by atoms with Crippen LogP contribution in [0, 0.1) is 5.92 Å². The first-order chi connectivity index (χ1) is 16.7.